The van der Waals surface area contributed by atoms with Crippen LogP contribution in [0.3, 0.4) is 0 Å². The van der Waals surface area contributed by atoms with Crippen molar-refractivity contribution in [2.24, 2.45) is 11.8 Å². The van der Waals surface area contributed by atoms with E-state index in [0.29, 0.717) is 5.92 Å². The van der Waals surface area contributed by atoms with Crippen LogP contribution < -0.4 is 5.32 Å². The highest BCUT2D eigenvalue weighted by Gasteiger charge is 2.39. The van der Waals surface area contributed by atoms with Crippen molar-refractivity contribution in [2.75, 3.05) is 5.32 Å². The standard InChI is InChI=1S/C11H11F2NO/c1-6-4-8(6)11(15)14-10-5-7(12)2-3-9(10)13/h2-3,5-6,8H,4H2,1H3,(H,14,15)/t6-,8-/m0/s1. The van der Waals surface area contributed by atoms with Crippen LogP contribution in [0.25, 0.3) is 0 Å². The van der Waals surface area contributed by atoms with Crippen molar-refractivity contribution in [2.45, 2.75) is 13.3 Å². The molecule has 15 heavy (non-hydrogen) atoms. The Kier molecular flexibility index (Phi) is 2.42. The Hall–Kier alpha value is -1.45. The van der Waals surface area contributed by atoms with Gasteiger partial charge in [0.2, 0.25) is 5.91 Å². The van der Waals surface area contributed by atoms with Gasteiger partial charge in [-0.05, 0) is 24.5 Å². The van der Waals surface area contributed by atoms with Crippen LogP contribution in [0.5, 0.6) is 0 Å². The van der Waals surface area contributed by atoms with E-state index < -0.39 is 11.6 Å². The molecule has 0 aromatic heterocycles. The predicted molar refractivity (Wildman–Crippen MR) is 52.3 cm³/mol. The van der Waals surface area contributed by atoms with Crippen LogP contribution in [0.2, 0.25) is 0 Å². The number of rotatable bonds is 2. The highest BCUT2D eigenvalue weighted by molar-refractivity contribution is 5.94. The molecule has 1 N–H and O–H groups in total. The number of carbonyl (C=O) groups excluding carboxylic acids is 1. The van der Waals surface area contributed by atoms with E-state index in [2.05, 4.69) is 5.32 Å². The number of hydrogen-bond acceptors (Lipinski definition) is 1. The van der Waals surface area contributed by atoms with Crippen molar-refractivity contribution in [1.82, 2.24) is 0 Å². The molecular formula is C11H11F2NO. The first-order valence-electron chi connectivity index (χ1n) is 4.84. The minimum atomic E-state index is -0.613. The van der Waals surface area contributed by atoms with Crippen molar-refractivity contribution in [3.63, 3.8) is 0 Å². The van der Waals surface area contributed by atoms with E-state index in [-0.39, 0.29) is 17.5 Å². The fourth-order valence-corrected chi connectivity index (χ4v) is 1.51. The molecule has 0 bridgehead atoms. The molecule has 80 valence electrons. The number of anilines is 1. The molecule has 2 rings (SSSR count). The van der Waals surface area contributed by atoms with Gasteiger partial charge in [0.1, 0.15) is 11.6 Å². The Balaban J connectivity index is 2.10. The highest BCUT2D eigenvalue weighted by atomic mass is 19.1. The minimum Gasteiger partial charge on any atom is -0.323 e. The van der Waals surface area contributed by atoms with Crippen LogP contribution in [0.4, 0.5) is 14.5 Å². The van der Waals surface area contributed by atoms with Crippen LogP contribution >= 0.6 is 0 Å². The highest BCUT2D eigenvalue weighted by Crippen LogP contribution is 2.38. The molecule has 0 aliphatic heterocycles. The largest absolute Gasteiger partial charge is 0.323 e. The first-order chi connectivity index (χ1) is 7.08. The third kappa shape index (κ3) is 2.14. The number of amides is 1. The van der Waals surface area contributed by atoms with Crippen LogP contribution in [0.1, 0.15) is 13.3 Å². The third-order valence-electron chi connectivity index (χ3n) is 2.63. The molecule has 1 aliphatic carbocycles. The second-order valence-electron chi connectivity index (χ2n) is 3.93. The molecule has 4 heteroatoms. The lowest BCUT2D eigenvalue weighted by Crippen LogP contribution is -2.15. The van der Waals surface area contributed by atoms with Gasteiger partial charge in [0, 0.05) is 12.0 Å². The molecule has 0 unspecified atom stereocenters. The van der Waals surface area contributed by atoms with Crippen molar-refractivity contribution in [3.05, 3.63) is 29.8 Å². The maximum atomic E-state index is 13.1. The number of halogens is 2. The Morgan fingerprint density at radius 2 is 2.13 bits per heavy atom. The zero-order valence-electron chi connectivity index (χ0n) is 8.26. The lowest BCUT2D eigenvalue weighted by atomic mass is 10.2. The summed E-state index contributed by atoms with van der Waals surface area (Å²) in [7, 11) is 0. The summed E-state index contributed by atoms with van der Waals surface area (Å²) in [5.74, 6) is -1.10. The number of benzene rings is 1. The maximum absolute atomic E-state index is 13.1. The monoisotopic (exact) mass is 211 g/mol. The quantitative estimate of drug-likeness (QED) is 0.800. The summed E-state index contributed by atoms with van der Waals surface area (Å²) in [5, 5.41) is 2.39. The van der Waals surface area contributed by atoms with Gasteiger partial charge in [-0.2, -0.15) is 0 Å². The molecule has 2 nitrogen and oxygen atoms in total. The summed E-state index contributed by atoms with van der Waals surface area (Å²) in [5.41, 5.74) is -0.0842. The zero-order valence-corrected chi connectivity index (χ0v) is 8.26. The normalized spacial score (nSPS) is 23.7. The van der Waals surface area contributed by atoms with Gasteiger partial charge in [0.05, 0.1) is 5.69 Å². The summed E-state index contributed by atoms with van der Waals surface area (Å²) >= 11 is 0. The molecule has 1 aromatic rings. The first kappa shape index (κ1) is 10.1. The summed E-state index contributed by atoms with van der Waals surface area (Å²) in [4.78, 5) is 11.4. The van der Waals surface area contributed by atoms with Crippen molar-refractivity contribution in [3.8, 4) is 0 Å². The van der Waals surface area contributed by atoms with Crippen LogP contribution in [-0.2, 0) is 4.79 Å². The Bertz CT molecular complexity index is 406. The molecule has 1 saturated carbocycles. The zero-order chi connectivity index (χ0) is 11.0. The van der Waals surface area contributed by atoms with Crippen molar-refractivity contribution >= 4 is 11.6 Å². The second kappa shape index (κ2) is 3.61. The fourth-order valence-electron chi connectivity index (χ4n) is 1.51. The van der Waals surface area contributed by atoms with Gasteiger partial charge in [-0.25, -0.2) is 8.78 Å². The molecule has 2 atom stereocenters. The first-order valence-corrected chi connectivity index (χ1v) is 4.84. The molecule has 0 spiro atoms. The molecule has 1 aliphatic rings. The van der Waals surface area contributed by atoms with E-state index in [1.165, 1.54) is 0 Å². The van der Waals surface area contributed by atoms with Gasteiger partial charge in [-0.1, -0.05) is 6.92 Å². The van der Waals surface area contributed by atoms with E-state index in [9.17, 15) is 13.6 Å². The third-order valence-corrected chi connectivity index (χ3v) is 2.63. The van der Waals surface area contributed by atoms with Gasteiger partial charge in [0.25, 0.3) is 0 Å². The predicted octanol–water partition coefficient (Wildman–Crippen LogP) is 2.56. The lowest BCUT2D eigenvalue weighted by Gasteiger charge is -2.05. The average molecular weight is 211 g/mol. The SMILES string of the molecule is C[C@H]1C[C@@H]1C(=O)Nc1cc(F)ccc1F. The maximum Gasteiger partial charge on any atom is 0.227 e. The molecular weight excluding hydrogens is 200 g/mol. The number of carbonyl (C=O) groups is 1. The molecule has 0 saturated heterocycles. The van der Waals surface area contributed by atoms with E-state index in [4.69, 9.17) is 0 Å². The molecule has 1 amide bonds. The van der Waals surface area contributed by atoms with E-state index in [1.807, 2.05) is 6.92 Å². The lowest BCUT2D eigenvalue weighted by molar-refractivity contribution is -0.117. The van der Waals surface area contributed by atoms with Gasteiger partial charge in [-0.15, -0.1) is 0 Å². The Morgan fingerprint density at radius 1 is 1.47 bits per heavy atom. The fraction of sp³-hybridized carbons (Fsp3) is 0.364. The van der Waals surface area contributed by atoms with Crippen LogP contribution in [0, 0.1) is 23.5 Å². The topological polar surface area (TPSA) is 29.1 Å². The summed E-state index contributed by atoms with van der Waals surface area (Å²) in [6.45, 7) is 1.95. The second-order valence-corrected chi connectivity index (χ2v) is 3.93. The Labute approximate surface area is 86.3 Å². The van der Waals surface area contributed by atoms with E-state index in [0.717, 1.165) is 24.6 Å². The molecule has 0 heterocycles. The van der Waals surface area contributed by atoms with Gasteiger partial charge < -0.3 is 5.32 Å². The summed E-state index contributed by atoms with van der Waals surface area (Å²) in [6.07, 6.45) is 0.822. The molecule has 0 radical (unpaired) electrons. The minimum absolute atomic E-state index is 0.0485. The molecule has 1 aromatic carbocycles. The van der Waals surface area contributed by atoms with Crippen molar-refractivity contribution < 1.29 is 13.6 Å². The van der Waals surface area contributed by atoms with E-state index in [1.54, 1.807) is 0 Å². The van der Waals surface area contributed by atoms with Gasteiger partial charge >= 0.3 is 0 Å². The summed E-state index contributed by atoms with van der Waals surface area (Å²) in [6, 6.07) is 3.01. The van der Waals surface area contributed by atoms with Crippen LogP contribution in [-0.4, -0.2) is 5.91 Å². The van der Waals surface area contributed by atoms with E-state index >= 15 is 0 Å². The number of hydrogen-bond donors (Lipinski definition) is 1. The van der Waals surface area contributed by atoms with Gasteiger partial charge in [0.15, 0.2) is 0 Å². The number of nitrogens with one attached hydrogen (secondary N) is 1. The molecule has 1 fully saturated rings. The Morgan fingerprint density at radius 3 is 2.73 bits per heavy atom. The van der Waals surface area contributed by atoms with Gasteiger partial charge in [-0.3, -0.25) is 4.79 Å². The van der Waals surface area contributed by atoms with Crippen LogP contribution in [0.15, 0.2) is 18.2 Å². The smallest absolute Gasteiger partial charge is 0.227 e. The average Bonchev–Trinajstić information content (AvgIpc) is 2.89. The summed E-state index contributed by atoms with van der Waals surface area (Å²) < 4.78 is 25.9. The van der Waals surface area contributed by atoms with Crippen molar-refractivity contribution in [1.29, 1.82) is 0 Å².